The Bertz CT molecular complexity index is 518. The maximum absolute atomic E-state index is 11.8. The lowest BCUT2D eigenvalue weighted by Crippen LogP contribution is -2.26. The maximum atomic E-state index is 11.8. The second kappa shape index (κ2) is 9.09. The van der Waals surface area contributed by atoms with E-state index >= 15 is 0 Å². The molecule has 0 spiro atoms. The smallest absolute Gasteiger partial charge is 0.251 e. The summed E-state index contributed by atoms with van der Waals surface area (Å²) < 4.78 is 1.05. The van der Waals surface area contributed by atoms with Gasteiger partial charge in [-0.05, 0) is 38.2 Å². The number of rotatable bonds is 5. The largest absolute Gasteiger partial charge is 0.352 e. The molecule has 2 aromatic rings. The van der Waals surface area contributed by atoms with Crippen LogP contribution < -0.4 is 10.6 Å². The van der Waals surface area contributed by atoms with E-state index in [0.29, 0.717) is 12.1 Å². The zero-order valence-corrected chi connectivity index (χ0v) is 13.0. The van der Waals surface area contributed by atoms with Gasteiger partial charge in [0.15, 0.2) is 0 Å². The molecule has 0 fully saturated rings. The van der Waals surface area contributed by atoms with Gasteiger partial charge in [-0.2, -0.15) is 0 Å². The first-order valence-electron chi connectivity index (χ1n) is 5.57. The molecular formula is C12H17Cl2N3OS. The minimum absolute atomic E-state index is 0. The SMILES string of the molecule is CNCCCNC(=O)c1ccc2ncsc2c1.Cl.Cl. The van der Waals surface area contributed by atoms with Gasteiger partial charge in [-0.3, -0.25) is 4.79 Å². The molecular weight excluding hydrogens is 305 g/mol. The summed E-state index contributed by atoms with van der Waals surface area (Å²) in [7, 11) is 1.90. The minimum Gasteiger partial charge on any atom is -0.352 e. The Hall–Kier alpha value is -0.880. The molecule has 0 atom stereocenters. The van der Waals surface area contributed by atoms with Gasteiger partial charge in [0.05, 0.1) is 15.7 Å². The number of nitrogens with one attached hydrogen (secondary N) is 2. The lowest BCUT2D eigenvalue weighted by molar-refractivity contribution is 0.0953. The predicted octanol–water partition coefficient (Wildman–Crippen LogP) is 2.48. The number of nitrogens with zero attached hydrogens (tertiary/aromatic N) is 1. The van der Waals surface area contributed by atoms with Gasteiger partial charge < -0.3 is 10.6 Å². The normalized spacial score (nSPS) is 9.53. The van der Waals surface area contributed by atoms with Gasteiger partial charge in [-0.15, -0.1) is 36.2 Å². The average molecular weight is 322 g/mol. The number of amides is 1. The minimum atomic E-state index is -0.0172. The molecule has 0 unspecified atom stereocenters. The lowest BCUT2D eigenvalue weighted by Gasteiger charge is -2.04. The molecule has 0 aliphatic carbocycles. The monoisotopic (exact) mass is 321 g/mol. The van der Waals surface area contributed by atoms with E-state index in [2.05, 4.69) is 15.6 Å². The van der Waals surface area contributed by atoms with Gasteiger partial charge in [-0.1, -0.05) is 0 Å². The maximum Gasteiger partial charge on any atom is 0.251 e. The topological polar surface area (TPSA) is 54.0 Å². The summed E-state index contributed by atoms with van der Waals surface area (Å²) >= 11 is 1.55. The van der Waals surface area contributed by atoms with Gasteiger partial charge >= 0.3 is 0 Å². The van der Waals surface area contributed by atoms with Gasteiger partial charge in [0.1, 0.15) is 0 Å². The third kappa shape index (κ3) is 4.95. The second-order valence-corrected chi connectivity index (χ2v) is 4.63. The lowest BCUT2D eigenvalue weighted by atomic mass is 10.2. The number of halogens is 2. The van der Waals surface area contributed by atoms with E-state index in [9.17, 15) is 4.79 Å². The number of carbonyl (C=O) groups excluding carboxylic acids is 1. The van der Waals surface area contributed by atoms with Crippen LogP contribution in [0, 0.1) is 0 Å². The molecule has 0 saturated heterocycles. The molecule has 1 aromatic heterocycles. The highest BCUT2D eigenvalue weighted by Gasteiger charge is 2.06. The van der Waals surface area contributed by atoms with Crippen LogP contribution in [0.4, 0.5) is 0 Å². The van der Waals surface area contributed by atoms with Crippen molar-refractivity contribution < 1.29 is 4.79 Å². The summed E-state index contributed by atoms with van der Waals surface area (Å²) in [5.41, 5.74) is 3.44. The summed E-state index contributed by atoms with van der Waals surface area (Å²) in [4.78, 5) is 16.0. The van der Waals surface area contributed by atoms with E-state index in [1.54, 1.807) is 16.8 Å². The molecule has 1 aromatic carbocycles. The number of fused-ring (bicyclic) bond motifs is 1. The van der Waals surface area contributed by atoms with Crippen molar-refractivity contribution in [1.29, 1.82) is 0 Å². The van der Waals surface area contributed by atoms with Crippen LogP contribution in [0.2, 0.25) is 0 Å². The first kappa shape index (κ1) is 18.1. The Labute approximate surface area is 128 Å². The Morgan fingerprint density at radius 3 is 2.84 bits per heavy atom. The van der Waals surface area contributed by atoms with E-state index in [1.807, 2.05) is 25.2 Å². The number of carbonyl (C=O) groups is 1. The van der Waals surface area contributed by atoms with E-state index in [1.165, 1.54) is 0 Å². The van der Waals surface area contributed by atoms with Crippen LogP contribution >= 0.6 is 36.2 Å². The standard InChI is InChI=1S/C12H15N3OS.2ClH/c1-13-5-2-6-14-12(16)9-3-4-10-11(7-9)17-8-15-10;;/h3-4,7-8,13H,2,5-6H2,1H3,(H,14,16);2*1H. The van der Waals surface area contributed by atoms with Crippen LogP contribution in [0.15, 0.2) is 23.7 Å². The highest BCUT2D eigenvalue weighted by molar-refractivity contribution is 7.16. The van der Waals surface area contributed by atoms with Gasteiger partial charge in [-0.25, -0.2) is 4.98 Å². The zero-order valence-electron chi connectivity index (χ0n) is 10.5. The first-order valence-corrected chi connectivity index (χ1v) is 6.45. The molecule has 1 amide bonds. The Kier molecular flexibility index (Phi) is 8.67. The molecule has 0 aliphatic rings. The van der Waals surface area contributed by atoms with E-state index < -0.39 is 0 Å². The third-order valence-electron chi connectivity index (χ3n) is 2.48. The quantitative estimate of drug-likeness (QED) is 0.832. The van der Waals surface area contributed by atoms with Crippen molar-refractivity contribution in [1.82, 2.24) is 15.6 Å². The van der Waals surface area contributed by atoms with Crippen LogP contribution in [0.5, 0.6) is 0 Å². The van der Waals surface area contributed by atoms with Crippen LogP contribution in [0.3, 0.4) is 0 Å². The van der Waals surface area contributed by atoms with Crippen LogP contribution in [-0.4, -0.2) is 31.0 Å². The molecule has 7 heteroatoms. The first-order chi connectivity index (χ1) is 8.31. The zero-order chi connectivity index (χ0) is 12.1. The molecule has 0 aliphatic heterocycles. The van der Waals surface area contributed by atoms with Crippen molar-refractivity contribution in [3.05, 3.63) is 29.3 Å². The summed E-state index contributed by atoms with van der Waals surface area (Å²) in [5, 5.41) is 5.94. The molecule has 0 bridgehead atoms. The second-order valence-electron chi connectivity index (χ2n) is 3.75. The summed E-state index contributed by atoms with van der Waals surface area (Å²) in [5.74, 6) is -0.0172. The van der Waals surface area contributed by atoms with Crippen LogP contribution in [0.1, 0.15) is 16.8 Å². The van der Waals surface area contributed by atoms with Crippen molar-refractivity contribution in [3.63, 3.8) is 0 Å². The van der Waals surface area contributed by atoms with Crippen molar-refractivity contribution in [2.75, 3.05) is 20.1 Å². The van der Waals surface area contributed by atoms with Gasteiger partial charge in [0, 0.05) is 12.1 Å². The highest BCUT2D eigenvalue weighted by atomic mass is 35.5. The Morgan fingerprint density at radius 1 is 1.32 bits per heavy atom. The van der Waals surface area contributed by atoms with Crippen molar-refractivity contribution in [3.8, 4) is 0 Å². The van der Waals surface area contributed by atoms with E-state index in [-0.39, 0.29) is 30.7 Å². The van der Waals surface area contributed by atoms with Crippen molar-refractivity contribution >= 4 is 52.3 Å². The Balaban J connectivity index is 0.00000162. The third-order valence-corrected chi connectivity index (χ3v) is 3.27. The molecule has 1 heterocycles. The van der Waals surface area contributed by atoms with Crippen LogP contribution in [-0.2, 0) is 0 Å². The molecule has 2 rings (SSSR count). The van der Waals surface area contributed by atoms with E-state index in [0.717, 1.165) is 23.2 Å². The van der Waals surface area contributed by atoms with Crippen LogP contribution in [0.25, 0.3) is 10.2 Å². The predicted molar refractivity (Wildman–Crippen MR) is 85.0 cm³/mol. The number of hydrogen-bond acceptors (Lipinski definition) is 4. The summed E-state index contributed by atoms with van der Waals surface area (Å²) in [6.07, 6.45) is 0.936. The molecule has 4 nitrogen and oxygen atoms in total. The van der Waals surface area contributed by atoms with Gasteiger partial charge in [0.2, 0.25) is 0 Å². The molecule has 0 radical (unpaired) electrons. The number of hydrogen-bond donors (Lipinski definition) is 2. The number of aromatic nitrogens is 1. The summed E-state index contributed by atoms with van der Waals surface area (Å²) in [6, 6.07) is 5.59. The van der Waals surface area contributed by atoms with Crippen molar-refractivity contribution in [2.45, 2.75) is 6.42 Å². The molecule has 106 valence electrons. The molecule has 19 heavy (non-hydrogen) atoms. The molecule has 2 N–H and O–H groups in total. The highest BCUT2D eigenvalue weighted by Crippen LogP contribution is 2.18. The average Bonchev–Trinajstić information content (AvgIpc) is 2.81. The molecule has 0 saturated carbocycles. The fourth-order valence-corrected chi connectivity index (χ4v) is 2.28. The summed E-state index contributed by atoms with van der Waals surface area (Å²) in [6.45, 7) is 1.61. The van der Waals surface area contributed by atoms with Gasteiger partial charge in [0.25, 0.3) is 5.91 Å². The fourth-order valence-electron chi connectivity index (χ4n) is 1.57. The number of thiazole rings is 1. The van der Waals surface area contributed by atoms with Crippen molar-refractivity contribution in [2.24, 2.45) is 0 Å². The number of benzene rings is 1. The van der Waals surface area contributed by atoms with E-state index in [4.69, 9.17) is 0 Å². The Morgan fingerprint density at radius 2 is 2.11 bits per heavy atom. The fraction of sp³-hybridized carbons (Fsp3) is 0.333.